The van der Waals surface area contributed by atoms with Crippen LogP contribution in [0.15, 0.2) is 11.6 Å². The Balaban J connectivity index is 2.24. The summed E-state index contributed by atoms with van der Waals surface area (Å²) in [6.45, 7) is 4.90. The molecule has 0 saturated carbocycles. The molecule has 2 rings (SSSR count). The summed E-state index contributed by atoms with van der Waals surface area (Å²) in [5.74, 6) is 0.258. The van der Waals surface area contributed by atoms with Crippen molar-refractivity contribution in [2.75, 3.05) is 18.5 Å². The SMILES string of the molecule is CCOCC(C)Nc1nc2sccn2c1[N+](=O)[O-]. The van der Waals surface area contributed by atoms with Gasteiger partial charge in [-0.3, -0.25) is 0 Å². The van der Waals surface area contributed by atoms with Crippen molar-refractivity contribution in [3.63, 3.8) is 0 Å². The van der Waals surface area contributed by atoms with E-state index in [9.17, 15) is 10.1 Å². The van der Waals surface area contributed by atoms with Crippen LogP contribution in [0, 0.1) is 10.1 Å². The molecule has 0 aliphatic rings. The van der Waals surface area contributed by atoms with E-state index in [1.165, 1.54) is 15.7 Å². The molecule has 0 saturated heterocycles. The fraction of sp³-hybridized carbons (Fsp3) is 0.500. The van der Waals surface area contributed by atoms with Crippen molar-refractivity contribution in [3.8, 4) is 0 Å². The van der Waals surface area contributed by atoms with Gasteiger partial charge in [-0.1, -0.05) is 11.3 Å². The molecule has 0 spiro atoms. The molecular formula is C10H14N4O3S. The topological polar surface area (TPSA) is 81.7 Å². The summed E-state index contributed by atoms with van der Waals surface area (Å²) in [5.41, 5.74) is 0. The number of hydrogen-bond donors (Lipinski definition) is 1. The first-order chi connectivity index (χ1) is 8.63. The van der Waals surface area contributed by atoms with Crippen LogP contribution in [0.5, 0.6) is 0 Å². The Kier molecular flexibility index (Phi) is 3.78. The van der Waals surface area contributed by atoms with Crippen LogP contribution in [0.1, 0.15) is 13.8 Å². The van der Waals surface area contributed by atoms with Gasteiger partial charge in [-0.2, -0.15) is 9.38 Å². The first-order valence-corrected chi connectivity index (χ1v) is 6.45. The van der Waals surface area contributed by atoms with Crippen LogP contribution in [-0.2, 0) is 4.74 Å². The first kappa shape index (κ1) is 12.8. The van der Waals surface area contributed by atoms with E-state index < -0.39 is 4.92 Å². The number of ether oxygens (including phenoxy) is 1. The number of fused-ring (bicyclic) bond motifs is 1. The lowest BCUT2D eigenvalue weighted by molar-refractivity contribution is -0.389. The van der Waals surface area contributed by atoms with Gasteiger partial charge in [0.25, 0.3) is 4.96 Å². The number of thiazole rings is 1. The van der Waals surface area contributed by atoms with Gasteiger partial charge in [0, 0.05) is 18.0 Å². The Morgan fingerprint density at radius 2 is 2.50 bits per heavy atom. The highest BCUT2D eigenvalue weighted by atomic mass is 32.1. The zero-order valence-electron chi connectivity index (χ0n) is 10.1. The van der Waals surface area contributed by atoms with E-state index in [0.29, 0.717) is 24.0 Å². The standard InChI is InChI=1S/C10H14N4O3S/c1-3-17-6-7(2)11-8-9(14(15)16)13-4-5-18-10(13)12-8/h4-5,7,11H,3,6H2,1-2H3. The summed E-state index contributed by atoms with van der Waals surface area (Å²) >= 11 is 1.36. The number of aromatic nitrogens is 2. The lowest BCUT2D eigenvalue weighted by atomic mass is 10.3. The van der Waals surface area contributed by atoms with Crippen molar-refractivity contribution >= 4 is 27.9 Å². The third kappa shape index (κ3) is 2.44. The molecule has 0 bridgehead atoms. The van der Waals surface area contributed by atoms with Crippen molar-refractivity contribution < 1.29 is 9.66 Å². The number of hydrogen-bond acceptors (Lipinski definition) is 6. The van der Waals surface area contributed by atoms with Gasteiger partial charge in [-0.05, 0) is 18.8 Å². The summed E-state index contributed by atoms with van der Waals surface area (Å²) in [6, 6.07) is -0.0340. The maximum Gasteiger partial charge on any atom is 0.372 e. The molecule has 98 valence electrons. The van der Waals surface area contributed by atoms with Gasteiger partial charge >= 0.3 is 5.82 Å². The van der Waals surface area contributed by atoms with Gasteiger partial charge in [-0.25, -0.2) is 0 Å². The number of imidazole rings is 1. The molecule has 8 heteroatoms. The van der Waals surface area contributed by atoms with Crippen LogP contribution in [-0.4, -0.2) is 33.6 Å². The molecule has 18 heavy (non-hydrogen) atoms. The van der Waals surface area contributed by atoms with E-state index in [1.807, 2.05) is 13.8 Å². The lowest BCUT2D eigenvalue weighted by Crippen LogP contribution is -2.22. The number of rotatable bonds is 6. The quantitative estimate of drug-likeness (QED) is 0.642. The average Bonchev–Trinajstić information content (AvgIpc) is 2.85. The Bertz CT molecular complexity index is 550. The average molecular weight is 270 g/mol. The molecule has 2 aromatic rings. The zero-order chi connectivity index (χ0) is 13.1. The minimum Gasteiger partial charge on any atom is -0.380 e. The molecule has 0 aliphatic carbocycles. The highest BCUT2D eigenvalue weighted by Gasteiger charge is 2.24. The summed E-state index contributed by atoms with van der Waals surface area (Å²) in [5, 5.41) is 15.8. The Hall–Kier alpha value is -1.67. The predicted octanol–water partition coefficient (Wildman–Crippen LogP) is 2.14. The van der Waals surface area contributed by atoms with Gasteiger partial charge < -0.3 is 20.2 Å². The maximum atomic E-state index is 11.1. The van der Waals surface area contributed by atoms with Crippen LogP contribution >= 0.6 is 11.3 Å². The van der Waals surface area contributed by atoms with Gasteiger partial charge in [0.05, 0.1) is 6.61 Å². The smallest absolute Gasteiger partial charge is 0.372 e. The second-order valence-electron chi connectivity index (χ2n) is 3.80. The number of anilines is 1. The highest BCUT2D eigenvalue weighted by molar-refractivity contribution is 7.15. The summed E-state index contributed by atoms with van der Waals surface area (Å²) in [4.78, 5) is 15.5. The predicted molar refractivity (Wildman–Crippen MR) is 69.3 cm³/mol. The Labute approximate surface area is 108 Å². The number of nitrogens with one attached hydrogen (secondary N) is 1. The maximum absolute atomic E-state index is 11.1. The molecule has 0 amide bonds. The van der Waals surface area contributed by atoms with E-state index in [-0.39, 0.29) is 11.9 Å². The van der Waals surface area contributed by atoms with Crippen molar-refractivity contribution in [2.24, 2.45) is 0 Å². The van der Waals surface area contributed by atoms with Crippen LogP contribution < -0.4 is 5.32 Å². The fourth-order valence-electron chi connectivity index (χ4n) is 1.61. The van der Waals surface area contributed by atoms with Gasteiger partial charge in [0.15, 0.2) is 0 Å². The lowest BCUT2D eigenvalue weighted by Gasteiger charge is -2.12. The largest absolute Gasteiger partial charge is 0.380 e. The van der Waals surface area contributed by atoms with E-state index in [1.54, 1.807) is 11.6 Å². The summed E-state index contributed by atoms with van der Waals surface area (Å²) in [7, 11) is 0. The minimum atomic E-state index is -0.428. The van der Waals surface area contributed by atoms with Crippen LogP contribution in [0.3, 0.4) is 0 Å². The van der Waals surface area contributed by atoms with Crippen molar-refractivity contribution in [2.45, 2.75) is 19.9 Å². The minimum absolute atomic E-state index is 0.0328. The normalized spacial score (nSPS) is 12.8. The van der Waals surface area contributed by atoms with Gasteiger partial charge in [-0.15, -0.1) is 0 Å². The Morgan fingerprint density at radius 1 is 1.72 bits per heavy atom. The van der Waals surface area contributed by atoms with Crippen molar-refractivity contribution in [1.29, 1.82) is 0 Å². The third-order valence-electron chi connectivity index (χ3n) is 2.36. The molecule has 0 fully saturated rings. The summed E-state index contributed by atoms with van der Waals surface area (Å²) in [6.07, 6.45) is 1.64. The molecule has 1 atom stereocenters. The molecule has 0 radical (unpaired) electrons. The third-order valence-corrected chi connectivity index (χ3v) is 3.12. The molecule has 0 aliphatic heterocycles. The first-order valence-electron chi connectivity index (χ1n) is 5.57. The van der Waals surface area contributed by atoms with E-state index in [4.69, 9.17) is 4.74 Å². The van der Waals surface area contributed by atoms with Crippen molar-refractivity contribution in [3.05, 3.63) is 21.7 Å². The molecule has 2 aromatic heterocycles. The monoisotopic (exact) mass is 270 g/mol. The molecule has 7 nitrogen and oxygen atoms in total. The number of nitrogens with zero attached hydrogens (tertiary/aromatic N) is 3. The van der Waals surface area contributed by atoms with Gasteiger partial charge in [0.2, 0.25) is 5.82 Å². The molecule has 0 aromatic carbocycles. The highest BCUT2D eigenvalue weighted by Crippen LogP contribution is 2.28. The van der Waals surface area contributed by atoms with E-state index in [2.05, 4.69) is 10.3 Å². The second kappa shape index (κ2) is 5.32. The zero-order valence-corrected chi connectivity index (χ0v) is 10.9. The van der Waals surface area contributed by atoms with Crippen LogP contribution in [0.2, 0.25) is 0 Å². The Morgan fingerprint density at radius 3 is 3.17 bits per heavy atom. The van der Waals surface area contributed by atoms with Crippen LogP contribution in [0.4, 0.5) is 11.6 Å². The van der Waals surface area contributed by atoms with E-state index >= 15 is 0 Å². The summed E-state index contributed by atoms with van der Waals surface area (Å²) < 4.78 is 6.73. The second-order valence-corrected chi connectivity index (χ2v) is 4.67. The molecule has 2 heterocycles. The van der Waals surface area contributed by atoms with Crippen molar-refractivity contribution in [1.82, 2.24) is 9.38 Å². The van der Waals surface area contributed by atoms with E-state index in [0.717, 1.165) is 0 Å². The number of nitro groups is 1. The van der Waals surface area contributed by atoms with Gasteiger partial charge in [0.1, 0.15) is 6.20 Å². The molecule has 1 N–H and O–H groups in total. The molecular weight excluding hydrogens is 256 g/mol. The van der Waals surface area contributed by atoms with Crippen LogP contribution in [0.25, 0.3) is 4.96 Å². The fourth-order valence-corrected chi connectivity index (χ4v) is 2.32. The molecule has 1 unspecified atom stereocenters.